The molecule has 2 rings (SSSR count). The number of nitrogens with two attached hydrogens (primary N) is 2. The van der Waals surface area contributed by atoms with Crippen molar-refractivity contribution in [2.24, 2.45) is 11.6 Å². The zero-order chi connectivity index (χ0) is 18.4. The predicted octanol–water partition coefficient (Wildman–Crippen LogP) is 2.36. The summed E-state index contributed by atoms with van der Waals surface area (Å²) >= 11 is 0. The van der Waals surface area contributed by atoms with Gasteiger partial charge in [0.05, 0.1) is 34.1 Å². The summed E-state index contributed by atoms with van der Waals surface area (Å²) in [5.41, 5.74) is 7.81. The fraction of sp³-hybridized carbons (Fsp3) is 0.222. The minimum Gasteiger partial charge on any atom is -0.497 e. The van der Waals surface area contributed by atoms with Crippen molar-refractivity contribution in [3.05, 3.63) is 48.2 Å². The van der Waals surface area contributed by atoms with Crippen LogP contribution >= 0.6 is 0 Å². The van der Waals surface area contributed by atoms with Crippen LogP contribution in [0.25, 0.3) is 5.70 Å². The largest absolute Gasteiger partial charge is 0.497 e. The van der Waals surface area contributed by atoms with Gasteiger partial charge in [-0.3, -0.25) is 5.01 Å². The third-order valence-electron chi connectivity index (χ3n) is 3.75. The summed E-state index contributed by atoms with van der Waals surface area (Å²) in [5.74, 6) is 8.65. The van der Waals surface area contributed by atoms with Gasteiger partial charge in [-0.15, -0.1) is 0 Å². The second-order valence-electron chi connectivity index (χ2n) is 5.03. The van der Waals surface area contributed by atoms with Gasteiger partial charge < -0.3 is 24.7 Å². The van der Waals surface area contributed by atoms with E-state index in [9.17, 15) is 0 Å². The van der Waals surface area contributed by atoms with Gasteiger partial charge in [-0.1, -0.05) is 0 Å². The molecule has 0 bridgehead atoms. The van der Waals surface area contributed by atoms with Gasteiger partial charge in [-0.2, -0.15) is 0 Å². The number of benzene rings is 2. The lowest BCUT2D eigenvalue weighted by molar-refractivity contribution is 0.349. The van der Waals surface area contributed by atoms with Crippen molar-refractivity contribution in [3.63, 3.8) is 0 Å². The van der Waals surface area contributed by atoms with E-state index in [4.69, 9.17) is 30.5 Å². The average molecular weight is 345 g/mol. The summed E-state index contributed by atoms with van der Waals surface area (Å²) in [7, 11) is 6.27. The molecule has 0 aliphatic carbocycles. The topological polar surface area (TPSA) is 92.2 Å². The summed E-state index contributed by atoms with van der Waals surface area (Å²) in [6.45, 7) is 0. The van der Waals surface area contributed by atoms with Crippen LogP contribution < -0.4 is 35.5 Å². The van der Waals surface area contributed by atoms with Crippen LogP contribution in [0.3, 0.4) is 0 Å². The van der Waals surface area contributed by atoms with Crippen LogP contribution in [0.5, 0.6) is 23.0 Å². The third-order valence-corrected chi connectivity index (χ3v) is 3.75. The van der Waals surface area contributed by atoms with Gasteiger partial charge in [0.25, 0.3) is 0 Å². The van der Waals surface area contributed by atoms with E-state index in [0.29, 0.717) is 28.6 Å². The molecule has 0 amide bonds. The number of anilines is 1. The van der Waals surface area contributed by atoms with Crippen molar-refractivity contribution >= 4 is 11.4 Å². The molecule has 25 heavy (non-hydrogen) atoms. The first-order valence-electron chi connectivity index (χ1n) is 7.50. The Labute approximate surface area is 147 Å². The van der Waals surface area contributed by atoms with E-state index < -0.39 is 0 Å². The van der Waals surface area contributed by atoms with E-state index in [1.54, 1.807) is 40.6 Å². The second-order valence-corrected chi connectivity index (χ2v) is 5.03. The van der Waals surface area contributed by atoms with Crippen LogP contribution in [0.2, 0.25) is 0 Å². The lowest BCUT2D eigenvalue weighted by Gasteiger charge is -2.25. The predicted molar refractivity (Wildman–Crippen MR) is 97.9 cm³/mol. The lowest BCUT2D eigenvalue weighted by atomic mass is 10.1. The highest BCUT2D eigenvalue weighted by Gasteiger charge is 2.19. The highest BCUT2D eigenvalue weighted by atomic mass is 16.5. The molecule has 0 aromatic heterocycles. The molecule has 7 nitrogen and oxygen atoms in total. The maximum atomic E-state index is 6.32. The number of rotatable bonds is 7. The zero-order valence-corrected chi connectivity index (χ0v) is 14.8. The van der Waals surface area contributed by atoms with E-state index in [1.807, 2.05) is 24.3 Å². The van der Waals surface area contributed by atoms with E-state index in [1.165, 1.54) is 11.2 Å². The fourth-order valence-corrected chi connectivity index (χ4v) is 2.41. The van der Waals surface area contributed by atoms with Crippen LogP contribution in [-0.2, 0) is 0 Å². The molecule has 4 N–H and O–H groups in total. The molecule has 7 heteroatoms. The molecular formula is C18H23N3O4. The first kappa shape index (κ1) is 18.3. The van der Waals surface area contributed by atoms with Crippen molar-refractivity contribution in [1.82, 2.24) is 0 Å². The molecule has 0 atom stereocenters. The minimum absolute atomic E-state index is 0.521. The second kappa shape index (κ2) is 8.16. The minimum atomic E-state index is 0.521. The number of hydrogen-bond donors (Lipinski definition) is 2. The number of ether oxygens (including phenoxy) is 4. The molecule has 0 spiro atoms. The number of methoxy groups -OCH3 is 4. The summed E-state index contributed by atoms with van der Waals surface area (Å²) < 4.78 is 21.2. The molecule has 0 fully saturated rings. The highest BCUT2D eigenvalue weighted by molar-refractivity contribution is 5.82. The molecule has 0 heterocycles. The molecule has 2 aromatic carbocycles. The van der Waals surface area contributed by atoms with Gasteiger partial charge >= 0.3 is 0 Å². The smallest absolute Gasteiger partial charge is 0.164 e. The summed E-state index contributed by atoms with van der Waals surface area (Å²) in [6, 6.07) is 10.8. The maximum Gasteiger partial charge on any atom is 0.164 e. The Hall–Kier alpha value is -3.06. The molecule has 0 saturated heterocycles. The molecule has 134 valence electrons. The van der Waals surface area contributed by atoms with Crippen molar-refractivity contribution < 1.29 is 18.9 Å². The Morgan fingerprint density at radius 3 is 1.88 bits per heavy atom. The lowest BCUT2D eigenvalue weighted by Crippen LogP contribution is -2.30. The van der Waals surface area contributed by atoms with E-state index >= 15 is 0 Å². The Morgan fingerprint density at radius 1 is 0.840 bits per heavy atom. The Kier molecular flexibility index (Phi) is 5.97. The Balaban J connectivity index is 2.47. The standard InChI is InChI=1S/C18H23N3O4/c1-22-13-7-5-12(6-8-13)15(11-19)21(20)14-9-17(24-3)18(25-4)10-16(14)23-2/h5-11H,19-20H2,1-4H3/b15-11-. The van der Waals surface area contributed by atoms with Crippen LogP contribution in [-0.4, -0.2) is 28.4 Å². The Morgan fingerprint density at radius 2 is 1.40 bits per heavy atom. The third kappa shape index (κ3) is 3.72. The van der Waals surface area contributed by atoms with Gasteiger partial charge in [0, 0.05) is 23.9 Å². The van der Waals surface area contributed by atoms with E-state index in [0.717, 1.165) is 11.3 Å². The summed E-state index contributed by atoms with van der Waals surface area (Å²) in [6.07, 6.45) is 1.43. The monoisotopic (exact) mass is 345 g/mol. The molecule has 0 unspecified atom stereocenters. The van der Waals surface area contributed by atoms with Gasteiger partial charge in [0.1, 0.15) is 17.2 Å². The maximum absolute atomic E-state index is 6.32. The molecule has 0 saturated carbocycles. The molecule has 0 radical (unpaired) electrons. The van der Waals surface area contributed by atoms with Crippen LogP contribution in [0, 0.1) is 0 Å². The highest BCUT2D eigenvalue weighted by Crippen LogP contribution is 2.40. The van der Waals surface area contributed by atoms with Gasteiger partial charge in [-0.05, 0) is 24.3 Å². The van der Waals surface area contributed by atoms with Crippen LogP contribution in [0.15, 0.2) is 42.6 Å². The fourth-order valence-electron chi connectivity index (χ4n) is 2.41. The first-order valence-corrected chi connectivity index (χ1v) is 7.50. The van der Waals surface area contributed by atoms with Crippen LogP contribution in [0.1, 0.15) is 5.56 Å². The number of hydrazine groups is 1. The number of nitrogens with zero attached hydrogens (tertiary/aromatic N) is 1. The van der Waals surface area contributed by atoms with E-state index in [-0.39, 0.29) is 0 Å². The molecular weight excluding hydrogens is 322 g/mol. The number of hydrogen-bond acceptors (Lipinski definition) is 7. The normalized spacial score (nSPS) is 11.0. The van der Waals surface area contributed by atoms with Crippen molar-refractivity contribution in [3.8, 4) is 23.0 Å². The van der Waals surface area contributed by atoms with Crippen molar-refractivity contribution in [2.45, 2.75) is 0 Å². The summed E-state index contributed by atoms with van der Waals surface area (Å²) in [4.78, 5) is 0. The Bertz CT molecular complexity index is 745. The quantitative estimate of drug-likeness (QED) is 0.588. The van der Waals surface area contributed by atoms with Gasteiger partial charge in [-0.25, -0.2) is 5.84 Å². The molecule has 0 aliphatic heterocycles. The van der Waals surface area contributed by atoms with Gasteiger partial charge in [0.15, 0.2) is 11.5 Å². The SMILES string of the molecule is COc1ccc(/C(=C/N)N(N)c2cc(OC)c(OC)cc2OC)cc1. The van der Waals surface area contributed by atoms with Gasteiger partial charge in [0.2, 0.25) is 0 Å². The summed E-state index contributed by atoms with van der Waals surface area (Å²) in [5, 5.41) is 1.43. The zero-order valence-electron chi connectivity index (χ0n) is 14.8. The van der Waals surface area contributed by atoms with E-state index in [2.05, 4.69) is 0 Å². The van der Waals surface area contributed by atoms with Crippen molar-refractivity contribution in [1.29, 1.82) is 0 Å². The molecule has 2 aromatic rings. The molecule has 0 aliphatic rings. The van der Waals surface area contributed by atoms with Crippen LogP contribution in [0.4, 0.5) is 5.69 Å². The van der Waals surface area contributed by atoms with Crippen molar-refractivity contribution in [2.75, 3.05) is 33.4 Å². The average Bonchev–Trinajstić information content (AvgIpc) is 2.67. The first-order chi connectivity index (χ1) is 12.1.